The number of aromatic nitrogens is 2. The van der Waals surface area contributed by atoms with Crippen molar-refractivity contribution in [2.45, 2.75) is 45.2 Å². The summed E-state index contributed by atoms with van der Waals surface area (Å²) in [5, 5.41) is 10.7. The third-order valence-electron chi connectivity index (χ3n) is 7.69. The summed E-state index contributed by atoms with van der Waals surface area (Å²) in [6.07, 6.45) is 2.28. The highest BCUT2D eigenvalue weighted by molar-refractivity contribution is 6.17. The molecule has 198 valence electrons. The fraction of sp³-hybridized carbons (Fsp3) is 0.393. The van der Waals surface area contributed by atoms with Crippen molar-refractivity contribution in [2.75, 3.05) is 25.0 Å². The summed E-state index contributed by atoms with van der Waals surface area (Å²) >= 11 is 0. The van der Waals surface area contributed by atoms with Crippen molar-refractivity contribution in [3.63, 3.8) is 0 Å². The van der Waals surface area contributed by atoms with E-state index in [2.05, 4.69) is 15.5 Å². The Labute approximate surface area is 221 Å². The van der Waals surface area contributed by atoms with Crippen LogP contribution in [0.4, 0.5) is 10.5 Å². The Kier molecular flexibility index (Phi) is 6.42. The molecule has 5 amide bonds. The van der Waals surface area contributed by atoms with Gasteiger partial charge in [-0.3, -0.25) is 29.3 Å². The van der Waals surface area contributed by atoms with E-state index in [0.29, 0.717) is 37.2 Å². The smallest absolute Gasteiger partial charge is 0.331 e. The van der Waals surface area contributed by atoms with Crippen molar-refractivity contribution >= 4 is 40.3 Å². The number of nitrogens with one attached hydrogen (secondary N) is 2. The normalized spacial score (nSPS) is 18.1. The summed E-state index contributed by atoms with van der Waals surface area (Å²) in [6.45, 7) is 6.28. The molecule has 10 heteroatoms. The maximum Gasteiger partial charge on any atom is 0.331 e. The van der Waals surface area contributed by atoms with Gasteiger partial charge in [-0.25, -0.2) is 4.79 Å². The van der Waals surface area contributed by atoms with Crippen LogP contribution in [-0.4, -0.2) is 75.5 Å². The molecule has 1 spiro atoms. The number of piperidine rings is 1. The lowest BCUT2D eigenvalue weighted by Crippen LogP contribution is -2.60. The van der Waals surface area contributed by atoms with Gasteiger partial charge in [0.15, 0.2) is 0 Å². The second-order valence-corrected chi connectivity index (χ2v) is 10.5. The van der Waals surface area contributed by atoms with Crippen LogP contribution in [0, 0.1) is 12.8 Å². The summed E-state index contributed by atoms with van der Waals surface area (Å²) in [5.74, 6) is -0.887. The minimum atomic E-state index is -1.07. The average molecular weight is 517 g/mol. The molecular formula is C28H32N6O4. The quantitative estimate of drug-likeness (QED) is 0.505. The van der Waals surface area contributed by atoms with Gasteiger partial charge in [-0.2, -0.15) is 5.10 Å². The van der Waals surface area contributed by atoms with E-state index in [1.165, 1.54) is 7.05 Å². The zero-order chi connectivity index (χ0) is 27.2. The maximum atomic E-state index is 13.6. The van der Waals surface area contributed by atoms with Crippen LogP contribution in [-0.2, 0) is 9.59 Å². The molecule has 3 heterocycles. The largest absolute Gasteiger partial charge is 0.341 e. The highest BCUT2D eigenvalue weighted by Crippen LogP contribution is 2.41. The van der Waals surface area contributed by atoms with Gasteiger partial charge in [0.1, 0.15) is 11.6 Å². The number of carbonyl (C=O) groups is 4. The number of benzene rings is 2. The van der Waals surface area contributed by atoms with Gasteiger partial charge in [-0.15, -0.1) is 0 Å². The van der Waals surface area contributed by atoms with Gasteiger partial charge in [0, 0.05) is 36.8 Å². The molecule has 0 unspecified atom stereocenters. The van der Waals surface area contributed by atoms with Crippen LogP contribution in [0.2, 0.25) is 0 Å². The first-order valence-electron chi connectivity index (χ1n) is 12.8. The Morgan fingerprint density at radius 1 is 1.08 bits per heavy atom. The molecular weight excluding hydrogens is 484 g/mol. The number of nitrogens with zero attached hydrogens (tertiary/aromatic N) is 4. The average Bonchev–Trinajstić information content (AvgIpc) is 3.44. The lowest BCUT2D eigenvalue weighted by atomic mass is 9.85. The van der Waals surface area contributed by atoms with Gasteiger partial charge in [-0.1, -0.05) is 31.5 Å². The van der Waals surface area contributed by atoms with Crippen LogP contribution in [0.1, 0.15) is 42.6 Å². The topological polar surface area (TPSA) is 119 Å². The molecule has 0 aliphatic carbocycles. The lowest BCUT2D eigenvalue weighted by molar-refractivity contribution is -0.139. The van der Waals surface area contributed by atoms with E-state index < -0.39 is 11.6 Å². The SMILES string of the molecule is Cc1cccc(C(=O)N[C@@H](C(=O)N2CCC3(CC2)C(=O)N(C)C(=O)N3c2ccc3[nH]ncc3c2)C(C)C)c1. The van der Waals surface area contributed by atoms with E-state index in [-0.39, 0.29) is 29.7 Å². The first-order chi connectivity index (χ1) is 18.1. The Hall–Kier alpha value is -4.21. The summed E-state index contributed by atoms with van der Waals surface area (Å²) < 4.78 is 0. The van der Waals surface area contributed by atoms with Gasteiger partial charge in [0.2, 0.25) is 5.91 Å². The molecule has 38 heavy (non-hydrogen) atoms. The molecule has 2 aliphatic rings. The van der Waals surface area contributed by atoms with Crippen molar-refractivity contribution < 1.29 is 19.2 Å². The number of aromatic amines is 1. The number of hydrogen-bond acceptors (Lipinski definition) is 5. The molecule has 10 nitrogen and oxygen atoms in total. The highest BCUT2D eigenvalue weighted by Gasteiger charge is 2.58. The molecule has 0 radical (unpaired) electrons. The number of hydrogen-bond donors (Lipinski definition) is 2. The van der Waals surface area contributed by atoms with Gasteiger partial charge in [0.25, 0.3) is 11.8 Å². The molecule has 1 atom stereocenters. The Bertz CT molecular complexity index is 1420. The summed E-state index contributed by atoms with van der Waals surface area (Å²) in [5.41, 5.74) is 1.85. The van der Waals surface area contributed by atoms with E-state index in [1.807, 2.05) is 45.0 Å². The predicted molar refractivity (Wildman–Crippen MR) is 143 cm³/mol. The molecule has 1 aromatic heterocycles. The maximum absolute atomic E-state index is 13.6. The first-order valence-corrected chi connectivity index (χ1v) is 12.8. The molecule has 2 saturated heterocycles. The number of anilines is 1. The fourth-order valence-corrected chi connectivity index (χ4v) is 5.51. The van der Waals surface area contributed by atoms with Crippen molar-refractivity contribution in [1.82, 2.24) is 25.3 Å². The van der Waals surface area contributed by atoms with E-state index in [4.69, 9.17) is 0 Å². The van der Waals surface area contributed by atoms with E-state index in [1.54, 1.807) is 34.2 Å². The van der Waals surface area contributed by atoms with E-state index in [0.717, 1.165) is 21.4 Å². The van der Waals surface area contributed by atoms with Gasteiger partial charge in [-0.05, 0) is 56.0 Å². The zero-order valence-corrected chi connectivity index (χ0v) is 22.0. The zero-order valence-electron chi connectivity index (χ0n) is 22.0. The number of carbonyl (C=O) groups excluding carboxylic acids is 4. The van der Waals surface area contributed by atoms with Crippen molar-refractivity contribution in [3.8, 4) is 0 Å². The monoisotopic (exact) mass is 516 g/mol. The van der Waals surface area contributed by atoms with Crippen LogP contribution in [0.5, 0.6) is 0 Å². The second kappa shape index (κ2) is 9.59. The first kappa shape index (κ1) is 25.4. The van der Waals surface area contributed by atoms with Gasteiger partial charge >= 0.3 is 6.03 Å². The molecule has 0 saturated carbocycles. The number of H-pyrrole nitrogens is 1. The number of fused-ring (bicyclic) bond motifs is 1. The van der Waals surface area contributed by atoms with Gasteiger partial charge < -0.3 is 10.2 Å². The van der Waals surface area contributed by atoms with Crippen LogP contribution >= 0.6 is 0 Å². The van der Waals surface area contributed by atoms with Crippen LogP contribution in [0.3, 0.4) is 0 Å². The lowest BCUT2D eigenvalue weighted by Gasteiger charge is -2.43. The number of likely N-dealkylation sites (N-methyl/N-ethyl adjacent to an activating group) is 1. The number of likely N-dealkylation sites (tertiary alicyclic amines) is 1. The van der Waals surface area contributed by atoms with Crippen LogP contribution < -0.4 is 10.2 Å². The highest BCUT2D eigenvalue weighted by atomic mass is 16.2. The number of amides is 5. The Balaban J connectivity index is 1.35. The van der Waals surface area contributed by atoms with Crippen molar-refractivity contribution in [3.05, 3.63) is 59.8 Å². The molecule has 2 aliphatic heterocycles. The predicted octanol–water partition coefficient (Wildman–Crippen LogP) is 3.09. The summed E-state index contributed by atoms with van der Waals surface area (Å²) in [7, 11) is 1.50. The number of rotatable bonds is 5. The standard InChI is InChI=1S/C28H32N6O4/c1-17(2)23(30-24(35)19-7-5-6-18(3)14-19)25(36)33-12-10-28(11-13-33)26(37)32(4)27(38)34(28)21-8-9-22-20(15-21)16-29-31-22/h5-9,14-17,23H,10-13H2,1-4H3,(H,29,31)(H,30,35)/t23-/m1/s1. The number of aryl methyl sites for hydroxylation is 1. The summed E-state index contributed by atoms with van der Waals surface area (Å²) in [6, 6.07) is 11.6. The third-order valence-corrected chi connectivity index (χ3v) is 7.69. The van der Waals surface area contributed by atoms with Crippen molar-refractivity contribution in [2.24, 2.45) is 5.92 Å². The van der Waals surface area contributed by atoms with Crippen LogP contribution in [0.25, 0.3) is 10.9 Å². The van der Waals surface area contributed by atoms with Crippen molar-refractivity contribution in [1.29, 1.82) is 0 Å². The minimum Gasteiger partial charge on any atom is -0.341 e. The molecule has 5 rings (SSSR count). The van der Waals surface area contributed by atoms with Crippen LogP contribution in [0.15, 0.2) is 48.7 Å². The molecule has 3 aromatic rings. The fourth-order valence-electron chi connectivity index (χ4n) is 5.51. The number of urea groups is 1. The molecule has 0 bridgehead atoms. The number of imide groups is 1. The van der Waals surface area contributed by atoms with Gasteiger partial charge in [0.05, 0.1) is 11.7 Å². The van der Waals surface area contributed by atoms with E-state index >= 15 is 0 Å². The molecule has 2 aromatic carbocycles. The Morgan fingerprint density at radius 2 is 1.82 bits per heavy atom. The molecule has 2 N–H and O–H groups in total. The summed E-state index contributed by atoms with van der Waals surface area (Å²) in [4.78, 5) is 57.6. The minimum absolute atomic E-state index is 0.133. The third kappa shape index (κ3) is 4.19. The Morgan fingerprint density at radius 3 is 2.50 bits per heavy atom. The van der Waals surface area contributed by atoms with E-state index in [9.17, 15) is 19.2 Å². The molecule has 2 fully saturated rings. The second-order valence-electron chi connectivity index (χ2n) is 10.5.